The van der Waals surface area contributed by atoms with Gasteiger partial charge in [0.15, 0.2) is 5.58 Å². The van der Waals surface area contributed by atoms with Gasteiger partial charge in [-0.15, -0.1) is 0 Å². The molecule has 3 aromatic carbocycles. The van der Waals surface area contributed by atoms with Crippen LogP contribution in [0.25, 0.3) is 22.6 Å². The van der Waals surface area contributed by atoms with Gasteiger partial charge in [0.25, 0.3) is 5.91 Å². The molecule has 6 heteroatoms. The van der Waals surface area contributed by atoms with Crippen molar-refractivity contribution in [1.29, 1.82) is 0 Å². The number of hydrogen-bond acceptors (Lipinski definition) is 4. The average molecular weight is 451 g/mol. The van der Waals surface area contributed by atoms with E-state index in [1.54, 1.807) is 25.3 Å². The summed E-state index contributed by atoms with van der Waals surface area (Å²) in [4.78, 5) is 17.4. The first kappa shape index (κ1) is 19.2. The molecule has 0 bridgehead atoms. The SMILES string of the molecule is COc1c(C)cc(Br)cc1C(=O)Nc1ccc2oc(-c3ccccc3C)nc2c1. The van der Waals surface area contributed by atoms with Gasteiger partial charge in [0.05, 0.1) is 12.7 Å². The van der Waals surface area contributed by atoms with Gasteiger partial charge in [-0.3, -0.25) is 4.79 Å². The second kappa shape index (κ2) is 7.72. The van der Waals surface area contributed by atoms with Crippen LogP contribution in [0.2, 0.25) is 0 Å². The summed E-state index contributed by atoms with van der Waals surface area (Å²) in [5.41, 5.74) is 5.35. The van der Waals surface area contributed by atoms with Crippen molar-refractivity contribution in [2.45, 2.75) is 13.8 Å². The Labute approximate surface area is 176 Å². The minimum atomic E-state index is -0.256. The summed E-state index contributed by atoms with van der Waals surface area (Å²) < 4.78 is 12.1. The molecule has 0 atom stereocenters. The zero-order chi connectivity index (χ0) is 20.5. The maximum absolute atomic E-state index is 12.8. The second-order valence-electron chi connectivity index (χ2n) is 6.77. The molecule has 1 N–H and O–H groups in total. The van der Waals surface area contributed by atoms with Gasteiger partial charge in [0.1, 0.15) is 11.3 Å². The van der Waals surface area contributed by atoms with Crippen LogP contribution in [-0.2, 0) is 0 Å². The van der Waals surface area contributed by atoms with Crippen LogP contribution < -0.4 is 10.1 Å². The Bertz CT molecular complexity index is 1230. The van der Waals surface area contributed by atoms with Gasteiger partial charge in [-0.2, -0.15) is 0 Å². The van der Waals surface area contributed by atoms with E-state index in [1.165, 1.54) is 0 Å². The standard InChI is InChI=1S/C23H19BrN2O3/c1-13-6-4-5-7-17(13)23-26-19-12-16(8-9-20(19)29-23)25-22(27)18-11-15(24)10-14(2)21(18)28-3/h4-12H,1-3H3,(H,25,27). The number of aryl methyl sites for hydroxylation is 2. The summed E-state index contributed by atoms with van der Waals surface area (Å²) in [6.07, 6.45) is 0. The number of halogens is 1. The van der Waals surface area contributed by atoms with Crippen molar-refractivity contribution in [2.24, 2.45) is 0 Å². The molecular formula is C23H19BrN2O3. The van der Waals surface area contributed by atoms with Crippen molar-refractivity contribution in [3.63, 3.8) is 0 Å². The number of fused-ring (bicyclic) bond motifs is 1. The Morgan fingerprint density at radius 2 is 1.86 bits per heavy atom. The quantitative estimate of drug-likeness (QED) is 0.405. The normalized spacial score (nSPS) is 10.9. The summed E-state index contributed by atoms with van der Waals surface area (Å²) in [5, 5.41) is 2.92. The van der Waals surface area contributed by atoms with Crippen LogP contribution in [0.4, 0.5) is 5.69 Å². The van der Waals surface area contributed by atoms with Crippen molar-refractivity contribution in [3.8, 4) is 17.2 Å². The number of nitrogens with zero attached hydrogens (tertiary/aromatic N) is 1. The highest BCUT2D eigenvalue weighted by atomic mass is 79.9. The topological polar surface area (TPSA) is 64.4 Å². The highest BCUT2D eigenvalue weighted by Crippen LogP contribution is 2.30. The number of carbonyl (C=O) groups is 1. The number of anilines is 1. The molecule has 29 heavy (non-hydrogen) atoms. The molecule has 0 saturated heterocycles. The minimum Gasteiger partial charge on any atom is -0.496 e. The van der Waals surface area contributed by atoms with Gasteiger partial charge in [-0.25, -0.2) is 4.98 Å². The molecule has 0 aliphatic rings. The van der Waals surface area contributed by atoms with Gasteiger partial charge in [0, 0.05) is 15.7 Å². The van der Waals surface area contributed by atoms with E-state index in [0.717, 1.165) is 21.2 Å². The van der Waals surface area contributed by atoms with Crippen LogP contribution in [0.15, 0.2) is 63.5 Å². The number of rotatable bonds is 4. The summed E-state index contributed by atoms with van der Waals surface area (Å²) in [7, 11) is 1.56. The van der Waals surface area contributed by atoms with Crippen molar-refractivity contribution in [2.75, 3.05) is 12.4 Å². The third-order valence-electron chi connectivity index (χ3n) is 4.71. The number of hydrogen-bond donors (Lipinski definition) is 1. The van der Waals surface area contributed by atoms with E-state index in [4.69, 9.17) is 9.15 Å². The zero-order valence-corrected chi connectivity index (χ0v) is 17.8. The molecule has 1 aromatic heterocycles. The molecule has 146 valence electrons. The third-order valence-corrected chi connectivity index (χ3v) is 5.17. The lowest BCUT2D eigenvalue weighted by Crippen LogP contribution is -2.13. The molecule has 0 unspecified atom stereocenters. The highest BCUT2D eigenvalue weighted by molar-refractivity contribution is 9.10. The molecule has 4 rings (SSSR count). The Morgan fingerprint density at radius 3 is 2.62 bits per heavy atom. The molecular weight excluding hydrogens is 432 g/mol. The fraction of sp³-hybridized carbons (Fsp3) is 0.130. The van der Waals surface area contributed by atoms with Crippen LogP contribution in [-0.4, -0.2) is 18.0 Å². The number of carbonyl (C=O) groups excluding carboxylic acids is 1. The fourth-order valence-electron chi connectivity index (χ4n) is 3.30. The predicted molar refractivity (Wildman–Crippen MR) is 118 cm³/mol. The number of ether oxygens (including phenoxy) is 1. The summed E-state index contributed by atoms with van der Waals surface area (Å²) in [6.45, 7) is 3.91. The lowest BCUT2D eigenvalue weighted by atomic mass is 10.1. The molecule has 0 aliphatic carbocycles. The largest absolute Gasteiger partial charge is 0.496 e. The van der Waals surface area contributed by atoms with E-state index in [2.05, 4.69) is 26.2 Å². The number of nitrogens with one attached hydrogen (secondary N) is 1. The first-order valence-electron chi connectivity index (χ1n) is 9.08. The van der Waals surface area contributed by atoms with Gasteiger partial charge in [-0.05, 0) is 61.4 Å². The molecule has 4 aromatic rings. The molecule has 5 nitrogen and oxygen atoms in total. The molecule has 1 heterocycles. The van der Waals surface area contributed by atoms with Crippen molar-refractivity contribution >= 4 is 38.6 Å². The van der Waals surface area contributed by atoms with Crippen molar-refractivity contribution in [1.82, 2.24) is 4.98 Å². The third kappa shape index (κ3) is 3.76. The van der Waals surface area contributed by atoms with Crippen LogP contribution in [0, 0.1) is 13.8 Å². The van der Waals surface area contributed by atoms with E-state index < -0.39 is 0 Å². The second-order valence-corrected chi connectivity index (χ2v) is 7.69. The van der Waals surface area contributed by atoms with Gasteiger partial charge in [0.2, 0.25) is 5.89 Å². The molecule has 0 fully saturated rings. The number of amides is 1. The van der Waals surface area contributed by atoms with Crippen molar-refractivity contribution in [3.05, 3.63) is 75.8 Å². The Hall–Kier alpha value is -3.12. The number of aromatic nitrogens is 1. The average Bonchev–Trinajstić information content (AvgIpc) is 3.10. The molecule has 0 aliphatic heterocycles. The first-order chi connectivity index (χ1) is 14.0. The Kier molecular flexibility index (Phi) is 5.11. The highest BCUT2D eigenvalue weighted by Gasteiger charge is 2.17. The van der Waals surface area contributed by atoms with Crippen LogP contribution in [0.1, 0.15) is 21.5 Å². The van der Waals surface area contributed by atoms with Crippen LogP contribution in [0.3, 0.4) is 0 Å². The maximum atomic E-state index is 12.8. The Morgan fingerprint density at radius 1 is 1.07 bits per heavy atom. The van der Waals surface area contributed by atoms with E-state index >= 15 is 0 Å². The molecule has 0 saturated carbocycles. The summed E-state index contributed by atoms with van der Waals surface area (Å²) in [6, 6.07) is 17.0. The van der Waals surface area contributed by atoms with Gasteiger partial charge in [-0.1, -0.05) is 34.1 Å². The first-order valence-corrected chi connectivity index (χ1v) is 9.87. The lowest BCUT2D eigenvalue weighted by molar-refractivity contribution is 0.102. The fourth-order valence-corrected chi connectivity index (χ4v) is 3.87. The van der Waals surface area contributed by atoms with Crippen LogP contribution >= 0.6 is 15.9 Å². The van der Waals surface area contributed by atoms with E-state index in [1.807, 2.05) is 50.2 Å². The Balaban J connectivity index is 1.66. The van der Waals surface area contributed by atoms with E-state index in [0.29, 0.717) is 34.0 Å². The number of benzene rings is 3. The smallest absolute Gasteiger partial charge is 0.259 e. The molecule has 0 spiro atoms. The lowest BCUT2D eigenvalue weighted by Gasteiger charge is -2.12. The maximum Gasteiger partial charge on any atom is 0.259 e. The van der Waals surface area contributed by atoms with Crippen molar-refractivity contribution < 1.29 is 13.9 Å². The summed E-state index contributed by atoms with van der Waals surface area (Å²) in [5.74, 6) is 0.856. The molecule has 0 radical (unpaired) electrons. The van der Waals surface area contributed by atoms with E-state index in [-0.39, 0.29) is 5.91 Å². The number of oxazole rings is 1. The van der Waals surface area contributed by atoms with E-state index in [9.17, 15) is 4.79 Å². The number of methoxy groups -OCH3 is 1. The monoisotopic (exact) mass is 450 g/mol. The zero-order valence-electron chi connectivity index (χ0n) is 16.2. The van der Waals surface area contributed by atoms with Gasteiger partial charge < -0.3 is 14.5 Å². The molecule has 1 amide bonds. The summed E-state index contributed by atoms with van der Waals surface area (Å²) >= 11 is 3.44. The predicted octanol–water partition coefficient (Wildman–Crippen LogP) is 6.14. The van der Waals surface area contributed by atoms with Gasteiger partial charge >= 0.3 is 0 Å². The van der Waals surface area contributed by atoms with Crippen LogP contribution in [0.5, 0.6) is 5.75 Å². The minimum absolute atomic E-state index is 0.256.